The summed E-state index contributed by atoms with van der Waals surface area (Å²) in [5.74, 6) is 0.990. The van der Waals surface area contributed by atoms with Crippen molar-refractivity contribution in [2.24, 2.45) is 0 Å². The molecule has 4 rings (SSSR count). The van der Waals surface area contributed by atoms with Crippen LogP contribution in [0.3, 0.4) is 0 Å². The van der Waals surface area contributed by atoms with E-state index in [1.54, 1.807) is 5.38 Å². The molecule has 0 saturated heterocycles. The number of rotatable bonds is 4. The number of fused-ring (bicyclic) bond motifs is 1. The van der Waals surface area contributed by atoms with E-state index in [-0.39, 0.29) is 11.9 Å². The van der Waals surface area contributed by atoms with Gasteiger partial charge in [0.05, 0.1) is 6.04 Å². The Balaban J connectivity index is 1.51. The lowest BCUT2D eigenvalue weighted by atomic mass is 10.2. The van der Waals surface area contributed by atoms with E-state index in [0.717, 1.165) is 11.0 Å². The highest BCUT2D eigenvalue weighted by molar-refractivity contribution is 7.13. The van der Waals surface area contributed by atoms with Gasteiger partial charge in [0.1, 0.15) is 23.4 Å². The van der Waals surface area contributed by atoms with Gasteiger partial charge in [-0.1, -0.05) is 18.2 Å². The van der Waals surface area contributed by atoms with Crippen LogP contribution in [0.15, 0.2) is 46.5 Å². The predicted molar refractivity (Wildman–Crippen MR) is 89.6 cm³/mol. The van der Waals surface area contributed by atoms with E-state index < -0.39 is 0 Å². The maximum absolute atomic E-state index is 12.4. The van der Waals surface area contributed by atoms with Crippen LogP contribution in [0, 0.1) is 0 Å². The molecular formula is C16H13N5O2S. The van der Waals surface area contributed by atoms with E-state index in [1.165, 1.54) is 17.7 Å². The summed E-state index contributed by atoms with van der Waals surface area (Å²) in [6.45, 7) is 1.87. The summed E-state index contributed by atoms with van der Waals surface area (Å²) in [6.07, 6.45) is 1.40. The molecule has 2 N–H and O–H groups in total. The molecule has 24 heavy (non-hydrogen) atoms. The van der Waals surface area contributed by atoms with Crippen LogP contribution in [0.25, 0.3) is 21.8 Å². The van der Waals surface area contributed by atoms with E-state index in [2.05, 4.69) is 25.5 Å². The van der Waals surface area contributed by atoms with Gasteiger partial charge in [-0.05, 0) is 19.1 Å². The van der Waals surface area contributed by atoms with Gasteiger partial charge in [0.25, 0.3) is 5.91 Å². The minimum Gasteiger partial charge on any atom is -0.459 e. The molecule has 0 saturated carbocycles. The van der Waals surface area contributed by atoms with Crippen LogP contribution in [-0.2, 0) is 0 Å². The van der Waals surface area contributed by atoms with Crippen molar-refractivity contribution in [3.8, 4) is 10.8 Å². The first-order valence-corrected chi connectivity index (χ1v) is 8.19. The fourth-order valence-electron chi connectivity index (χ4n) is 2.35. The minimum atomic E-state index is -0.264. The number of hydrogen-bond acceptors (Lipinski definition) is 6. The summed E-state index contributed by atoms with van der Waals surface area (Å²) in [7, 11) is 0. The number of furan rings is 1. The molecule has 7 nitrogen and oxygen atoms in total. The van der Waals surface area contributed by atoms with Crippen molar-refractivity contribution in [3.05, 3.63) is 53.5 Å². The van der Waals surface area contributed by atoms with E-state index in [4.69, 9.17) is 4.42 Å². The number of nitrogens with zero attached hydrogens (tertiary/aromatic N) is 3. The van der Waals surface area contributed by atoms with Crippen molar-refractivity contribution in [2.75, 3.05) is 0 Å². The Morgan fingerprint density at radius 2 is 2.25 bits per heavy atom. The van der Waals surface area contributed by atoms with Crippen molar-refractivity contribution in [1.29, 1.82) is 0 Å². The molecule has 0 bridgehead atoms. The van der Waals surface area contributed by atoms with Gasteiger partial charge < -0.3 is 9.73 Å². The van der Waals surface area contributed by atoms with Crippen LogP contribution >= 0.6 is 11.3 Å². The Bertz CT molecular complexity index is 956. The molecule has 4 aromatic rings. The van der Waals surface area contributed by atoms with Crippen LogP contribution in [0.2, 0.25) is 0 Å². The maximum atomic E-state index is 12.4. The summed E-state index contributed by atoms with van der Waals surface area (Å²) in [5.41, 5.74) is 1.14. The molecule has 1 amide bonds. The second-order valence-electron chi connectivity index (χ2n) is 5.25. The highest BCUT2D eigenvalue weighted by Crippen LogP contribution is 2.24. The number of thiazole rings is 1. The van der Waals surface area contributed by atoms with Crippen molar-refractivity contribution in [3.63, 3.8) is 0 Å². The third kappa shape index (κ3) is 2.67. The molecule has 8 heteroatoms. The minimum absolute atomic E-state index is 0.259. The average molecular weight is 339 g/mol. The van der Waals surface area contributed by atoms with E-state index in [9.17, 15) is 4.79 Å². The molecule has 3 heterocycles. The highest BCUT2D eigenvalue weighted by atomic mass is 32.1. The number of benzene rings is 1. The Kier molecular flexibility index (Phi) is 3.58. The number of carbonyl (C=O) groups is 1. The van der Waals surface area contributed by atoms with E-state index in [1.807, 2.05) is 37.3 Å². The zero-order valence-electron chi connectivity index (χ0n) is 12.7. The molecule has 0 aliphatic heterocycles. The normalized spacial score (nSPS) is 12.4. The Morgan fingerprint density at radius 3 is 3.04 bits per heavy atom. The first-order valence-electron chi connectivity index (χ1n) is 7.31. The van der Waals surface area contributed by atoms with Crippen LogP contribution in [0.1, 0.15) is 29.2 Å². The molecule has 0 aliphatic carbocycles. The van der Waals surface area contributed by atoms with Gasteiger partial charge in [0.2, 0.25) is 0 Å². The number of carbonyl (C=O) groups excluding carboxylic acids is 1. The molecule has 120 valence electrons. The second-order valence-corrected chi connectivity index (χ2v) is 6.11. The molecule has 0 aliphatic rings. The number of nitrogens with one attached hydrogen (secondary N) is 2. The number of hydrogen-bond donors (Lipinski definition) is 2. The van der Waals surface area contributed by atoms with Crippen molar-refractivity contribution in [1.82, 2.24) is 25.5 Å². The molecule has 3 aromatic heterocycles. The molecule has 1 unspecified atom stereocenters. The number of para-hydroxylation sites is 1. The van der Waals surface area contributed by atoms with E-state index >= 15 is 0 Å². The van der Waals surface area contributed by atoms with Crippen LogP contribution in [0.5, 0.6) is 0 Å². The summed E-state index contributed by atoms with van der Waals surface area (Å²) >= 11 is 1.33. The first kappa shape index (κ1) is 14.6. The second kappa shape index (κ2) is 5.89. The predicted octanol–water partition coefficient (Wildman–Crippen LogP) is 3.17. The number of H-pyrrole nitrogens is 1. The summed E-state index contributed by atoms with van der Waals surface area (Å²) in [6, 6.07) is 9.41. The quantitative estimate of drug-likeness (QED) is 0.595. The fourth-order valence-corrected chi connectivity index (χ4v) is 3.10. The van der Waals surface area contributed by atoms with Gasteiger partial charge in [-0.15, -0.1) is 11.3 Å². The van der Waals surface area contributed by atoms with Gasteiger partial charge in [-0.25, -0.2) is 9.97 Å². The van der Waals surface area contributed by atoms with Gasteiger partial charge in [-0.3, -0.25) is 9.89 Å². The molecule has 0 radical (unpaired) electrons. The van der Waals surface area contributed by atoms with Crippen LogP contribution < -0.4 is 5.32 Å². The van der Waals surface area contributed by atoms with Crippen molar-refractivity contribution >= 4 is 28.2 Å². The van der Waals surface area contributed by atoms with Gasteiger partial charge >= 0.3 is 0 Å². The highest BCUT2D eigenvalue weighted by Gasteiger charge is 2.18. The molecule has 1 atom stereocenters. The first-order chi connectivity index (χ1) is 11.7. The lowest BCUT2D eigenvalue weighted by molar-refractivity contribution is 0.0931. The van der Waals surface area contributed by atoms with Gasteiger partial charge in [-0.2, -0.15) is 5.10 Å². The van der Waals surface area contributed by atoms with Gasteiger partial charge in [0.15, 0.2) is 10.8 Å². The number of aromatic nitrogens is 4. The SMILES string of the molecule is CC(NC(=O)c1csc(-c2ncn[nH]2)n1)c1cc2ccccc2o1. The lowest BCUT2D eigenvalue weighted by Gasteiger charge is -2.09. The third-order valence-electron chi connectivity index (χ3n) is 3.57. The average Bonchev–Trinajstić information content (AvgIpc) is 3.32. The summed E-state index contributed by atoms with van der Waals surface area (Å²) in [5, 5.41) is 12.7. The van der Waals surface area contributed by atoms with Crippen molar-refractivity contribution < 1.29 is 9.21 Å². The summed E-state index contributed by atoms with van der Waals surface area (Å²) in [4.78, 5) is 20.7. The smallest absolute Gasteiger partial charge is 0.271 e. The largest absolute Gasteiger partial charge is 0.459 e. The lowest BCUT2D eigenvalue weighted by Crippen LogP contribution is -2.26. The standard InChI is InChI=1S/C16H13N5O2S/c1-9(13-6-10-4-2-3-5-12(10)23-13)19-15(22)11-7-24-16(20-11)14-17-8-18-21-14/h2-9H,1H3,(H,19,22)(H,17,18,21). The Labute approximate surface area is 140 Å². The number of aromatic amines is 1. The Morgan fingerprint density at radius 1 is 1.38 bits per heavy atom. The molecule has 0 spiro atoms. The van der Waals surface area contributed by atoms with Crippen molar-refractivity contribution in [2.45, 2.75) is 13.0 Å². The van der Waals surface area contributed by atoms with Crippen LogP contribution in [0.4, 0.5) is 0 Å². The topological polar surface area (TPSA) is 96.7 Å². The van der Waals surface area contributed by atoms with Gasteiger partial charge in [0, 0.05) is 10.8 Å². The monoisotopic (exact) mass is 339 g/mol. The zero-order valence-corrected chi connectivity index (χ0v) is 13.5. The molecule has 0 fully saturated rings. The zero-order chi connectivity index (χ0) is 16.5. The van der Waals surface area contributed by atoms with E-state index in [0.29, 0.717) is 22.3 Å². The third-order valence-corrected chi connectivity index (χ3v) is 4.42. The summed E-state index contributed by atoms with van der Waals surface area (Å²) < 4.78 is 5.77. The fraction of sp³-hybridized carbons (Fsp3) is 0.125. The molecular weight excluding hydrogens is 326 g/mol. The molecule has 1 aromatic carbocycles. The van der Waals surface area contributed by atoms with Crippen LogP contribution in [-0.4, -0.2) is 26.1 Å². The Hall–Kier alpha value is -3.00. The number of amides is 1. The maximum Gasteiger partial charge on any atom is 0.271 e.